The predicted molar refractivity (Wildman–Crippen MR) is 118 cm³/mol. The van der Waals surface area contributed by atoms with E-state index in [9.17, 15) is 23.6 Å². The van der Waals surface area contributed by atoms with Crippen LogP contribution in [0.4, 0.5) is 4.39 Å². The minimum atomic E-state index is -1.46. The first-order chi connectivity index (χ1) is 15.3. The predicted octanol–water partition coefficient (Wildman–Crippen LogP) is 3.22. The first-order valence-corrected chi connectivity index (χ1v) is 11.2. The Morgan fingerprint density at radius 3 is 2.59 bits per heavy atom. The van der Waals surface area contributed by atoms with Gasteiger partial charge in [0.2, 0.25) is 5.91 Å². The first-order valence-electron chi connectivity index (χ1n) is 10.4. The molecule has 3 rings (SSSR count). The summed E-state index contributed by atoms with van der Waals surface area (Å²) in [7, 11) is 0. The Morgan fingerprint density at radius 2 is 1.94 bits per heavy atom. The standard InChI is InChI=1S/C23H25FN2O5S/c1-14-11-19(15-7-3-2-4-8-15)32-21(14)23(31)26-10-6-5-9-17(26)22(30)25-16(12-20(28)29)18(27)13-24/h2-4,7-8,11,16-17H,5-6,9-10,12-13H2,1H3,(H,25,30)(H,28,29)/t16-,17-/m0/s1. The van der Waals surface area contributed by atoms with Crippen molar-refractivity contribution in [3.63, 3.8) is 0 Å². The summed E-state index contributed by atoms with van der Waals surface area (Å²) in [6, 6.07) is 9.31. The number of aliphatic carboxylic acids is 1. The Balaban J connectivity index is 1.81. The van der Waals surface area contributed by atoms with Gasteiger partial charge in [-0.15, -0.1) is 11.3 Å². The van der Waals surface area contributed by atoms with Crippen LogP contribution in [0.1, 0.15) is 40.9 Å². The summed E-state index contributed by atoms with van der Waals surface area (Å²) in [5, 5.41) is 11.3. The molecule has 1 aliphatic rings. The maximum absolute atomic E-state index is 13.4. The third-order valence-corrected chi connectivity index (χ3v) is 6.73. The van der Waals surface area contributed by atoms with Gasteiger partial charge < -0.3 is 15.3 Å². The third kappa shape index (κ3) is 5.40. The van der Waals surface area contributed by atoms with Gasteiger partial charge in [0, 0.05) is 11.4 Å². The number of alkyl halides is 1. The number of nitrogens with zero attached hydrogens (tertiary/aromatic N) is 1. The third-order valence-electron chi connectivity index (χ3n) is 5.45. The molecule has 0 radical (unpaired) electrons. The number of likely N-dealkylation sites (tertiary alicyclic amines) is 1. The molecule has 1 aromatic heterocycles. The van der Waals surface area contributed by atoms with Crippen LogP contribution < -0.4 is 5.32 Å². The second-order valence-corrected chi connectivity index (χ2v) is 8.81. The number of hydrogen-bond donors (Lipinski definition) is 2. The average molecular weight is 461 g/mol. The van der Waals surface area contributed by atoms with Gasteiger partial charge in [-0.2, -0.15) is 0 Å². The molecule has 0 unspecified atom stereocenters. The van der Waals surface area contributed by atoms with Crippen molar-refractivity contribution in [2.24, 2.45) is 0 Å². The molecule has 2 aromatic rings. The van der Waals surface area contributed by atoms with Crippen molar-refractivity contribution in [1.29, 1.82) is 0 Å². The molecule has 2 heterocycles. The fourth-order valence-electron chi connectivity index (χ4n) is 3.80. The van der Waals surface area contributed by atoms with Gasteiger partial charge in [0.05, 0.1) is 11.3 Å². The maximum atomic E-state index is 13.4. The number of hydrogen-bond acceptors (Lipinski definition) is 5. The highest BCUT2D eigenvalue weighted by atomic mass is 32.1. The topological polar surface area (TPSA) is 104 Å². The largest absolute Gasteiger partial charge is 0.481 e. The fraction of sp³-hybridized carbons (Fsp3) is 0.391. The number of piperidine rings is 1. The lowest BCUT2D eigenvalue weighted by Gasteiger charge is -2.35. The molecule has 0 spiro atoms. The van der Waals surface area contributed by atoms with Crippen LogP contribution in [0.15, 0.2) is 36.4 Å². The number of Topliss-reactive ketones (excluding diaryl/α,β-unsaturated/α-hetero) is 1. The number of carboxylic acid groups (broad SMARTS) is 1. The van der Waals surface area contributed by atoms with Crippen molar-refractivity contribution in [1.82, 2.24) is 10.2 Å². The highest BCUT2D eigenvalue weighted by Gasteiger charge is 2.36. The van der Waals surface area contributed by atoms with Crippen molar-refractivity contribution < 1.29 is 28.7 Å². The molecule has 1 fully saturated rings. The Bertz CT molecular complexity index is 1010. The summed E-state index contributed by atoms with van der Waals surface area (Å²) in [5.74, 6) is -3.24. The van der Waals surface area contributed by atoms with E-state index in [1.165, 1.54) is 16.2 Å². The second-order valence-electron chi connectivity index (χ2n) is 7.76. The number of amides is 2. The highest BCUT2D eigenvalue weighted by Crippen LogP contribution is 2.33. The maximum Gasteiger partial charge on any atom is 0.305 e. The molecule has 2 amide bonds. The van der Waals surface area contributed by atoms with Crippen LogP contribution >= 0.6 is 11.3 Å². The van der Waals surface area contributed by atoms with Gasteiger partial charge in [-0.25, -0.2) is 4.39 Å². The van der Waals surface area contributed by atoms with E-state index in [0.29, 0.717) is 24.3 Å². The van der Waals surface area contributed by atoms with Crippen molar-refractivity contribution in [2.45, 2.75) is 44.7 Å². The van der Waals surface area contributed by atoms with Gasteiger partial charge in [-0.1, -0.05) is 30.3 Å². The van der Waals surface area contributed by atoms with Crippen LogP contribution in [0.2, 0.25) is 0 Å². The Hall–Kier alpha value is -3.07. The Kier molecular flexibility index (Phi) is 7.74. The van der Waals surface area contributed by atoms with Gasteiger partial charge in [0.15, 0.2) is 5.78 Å². The summed E-state index contributed by atoms with van der Waals surface area (Å²) >= 11 is 1.35. The van der Waals surface area contributed by atoms with E-state index in [-0.39, 0.29) is 5.91 Å². The Morgan fingerprint density at radius 1 is 1.22 bits per heavy atom. The lowest BCUT2D eigenvalue weighted by atomic mass is 9.99. The molecule has 1 aromatic carbocycles. The lowest BCUT2D eigenvalue weighted by Crippen LogP contribution is -2.55. The summed E-state index contributed by atoms with van der Waals surface area (Å²) in [6.45, 7) is 0.843. The number of thiophene rings is 1. The van der Waals surface area contributed by atoms with E-state index in [4.69, 9.17) is 5.11 Å². The molecule has 1 aliphatic heterocycles. The van der Waals surface area contributed by atoms with E-state index in [0.717, 1.165) is 22.4 Å². The number of halogens is 1. The zero-order valence-corrected chi connectivity index (χ0v) is 18.5. The van der Waals surface area contributed by atoms with Crippen LogP contribution in [-0.2, 0) is 14.4 Å². The molecule has 0 aliphatic carbocycles. The number of benzene rings is 1. The molecule has 32 heavy (non-hydrogen) atoms. The number of carbonyl (C=O) groups is 4. The number of rotatable bonds is 8. The van der Waals surface area contributed by atoms with Crippen molar-refractivity contribution >= 4 is 34.9 Å². The van der Waals surface area contributed by atoms with Gasteiger partial charge in [-0.3, -0.25) is 19.2 Å². The fourth-order valence-corrected chi connectivity index (χ4v) is 4.93. The SMILES string of the molecule is Cc1cc(-c2ccccc2)sc1C(=O)N1CCCC[C@H]1C(=O)N[C@@H](CC(=O)O)C(=O)CF. The van der Waals surface area contributed by atoms with Crippen LogP contribution in [-0.4, -0.2) is 58.9 Å². The minimum Gasteiger partial charge on any atom is -0.481 e. The molecular weight excluding hydrogens is 435 g/mol. The summed E-state index contributed by atoms with van der Waals surface area (Å²) in [4.78, 5) is 52.0. The second kappa shape index (κ2) is 10.5. The van der Waals surface area contributed by atoms with Crippen LogP contribution in [0.5, 0.6) is 0 Å². The molecule has 7 nitrogen and oxygen atoms in total. The van der Waals surface area contributed by atoms with Crippen molar-refractivity contribution in [2.75, 3.05) is 13.2 Å². The van der Waals surface area contributed by atoms with E-state index < -0.39 is 42.8 Å². The van der Waals surface area contributed by atoms with Crippen LogP contribution in [0, 0.1) is 6.92 Å². The molecule has 0 saturated carbocycles. The molecular formula is C23H25FN2O5S. The first kappa shape index (κ1) is 23.6. The van der Waals surface area contributed by atoms with E-state index in [2.05, 4.69) is 5.32 Å². The van der Waals surface area contributed by atoms with E-state index in [1.807, 2.05) is 43.3 Å². The molecule has 170 valence electrons. The van der Waals surface area contributed by atoms with Gasteiger partial charge >= 0.3 is 5.97 Å². The zero-order valence-electron chi connectivity index (χ0n) is 17.7. The zero-order chi connectivity index (χ0) is 23.3. The Labute approximate surface area is 189 Å². The highest BCUT2D eigenvalue weighted by molar-refractivity contribution is 7.17. The number of aryl methyl sites for hydroxylation is 1. The monoisotopic (exact) mass is 460 g/mol. The molecule has 1 saturated heterocycles. The van der Waals surface area contributed by atoms with E-state index >= 15 is 0 Å². The lowest BCUT2D eigenvalue weighted by molar-refractivity contribution is -0.140. The molecule has 0 bridgehead atoms. The average Bonchev–Trinajstić information content (AvgIpc) is 3.19. The van der Waals surface area contributed by atoms with Gasteiger partial charge in [0.25, 0.3) is 5.91 Å². The summed E-state index contributed by atoms with van der Waals surface area (Å²) < 4.78 is 12.8. The van der Waals surface area contributed by atoms with E-state index in [1.54, 1.807) is 0 Å². The van der Waals surface area contributed by atoms with Crippen molar-refractivity contribution in [3.8, 4) is 10.4 Å². The quantitative estimate of drug-likeness (QED) is 0.630. The molecule has 9 heteroatoms. The molecule has 2 atom stereocenters. The number of ketones is 1. The summed E-state index contributed by atoms with van der Waals surface area (Å²) in [5.41, 5.74) is 1.80. The molecule has 2 N–H and O–H groups in total. The number of carbonyl (C=O) groups excluding carboxylic acids is 3. The number of carboxylic acids is 1. The number of nitrogens with one attached hydrogen (secondary N) is 1. The van der Waals surface area contributed by atoms with Gasteiger partial charge in [-0.05, 0) is 43.4 Å². The minimum absolute atomic E-state index is 0.277. The normalized spacial score (nSPS) is 16.9. The van der Waals surface area contributed by atoms with Crippen LogP contribution in [0.3, 0.4) is 0 Å². The smallest absolute Gasteiger partial charge is 0.305 e. The summed E-state index contributed by atoms with van der Waals surface area (Å²) in [6.07, 6.45) is 1.12. The van der Waals surface area contributed by atoms with Gasteiger partial charge in [0.1, 0.15) is 18.8 Å². The van der Waals surface area contributed by atoms with Crippen molar-refractivity contribution in [3.05, 3.63) is 46.8 Å². The van der Waals surface area contributed by atoms with Crippen LogP contribution in [0.25, 0.3) is 10.4 Å².